The third-order valence-electron chi connectivity index (χ3n) is 3.04. The van der Waals surface area contributed by atoms with Gasteiger partial charge < -0.3 is 4.74 Å². The minimum Gasteiger partial charge on any atom is -0.496 e. The van der Waals surface area contributed by atoms with Crippen molar-refractivity contribution in [2.75, 3.05) is 7.11 Å². The molecule has 2 nitrogen and oxygen atoms in total. The van der Waals surface area contributed by atoms with Gasteiger partial charge in [0.15, 0.2) is 5.78 Å². The summed E-state index contributed by atoms with van der Waals surface area (Å²) in [6.07, 6.45) is 0. The molecule has 0 heterocycles. The standard InChI is InChI=1S/C17H18O2S/c1-12-6-4-7-14(10-12)11-20-16-9-5-8-15(19-3)17(16)13(2)18/h4-10H,11H2,1-3H3. The number of methoxy groups -OCH3 is 1. The zero-order valence-electron chi connectivity index (χ0n) is 12.0. The SMILES string of the molecule is COc1cccc(SCc2cccc(C)c2)c1C(C)=O. The van der Waals surface area contributed by atoms with Crippen molar-refractivity contribution in [2.45, 2.75) is 24.5 Å². The van der Waals surface area contributed by atoms with Crippen LogP contribution in [-0.2, 0) is 5.75 Å². The first kappa shape index (κ1) is 14.7. The second-order valence-electron chi connectivity index (χ2n) is 4.67. The molecule has 0 bridgehead atoms. The Morgan fingerprint density at radius 3 is 2.60 bits per heavy atom. The number of ketones is 1. The molecule has 2 aromatic carbocycles. The largest absolute Gasteiger partial charge is 0.496 e. The molecule has 20 heavy (non-hydrogen) atoms. The van der Waals surface area contributed by atoms with Gasteiger partial charge in [-0.25, -0.2) is 0 Å². The molecule has 2 aromatic rings. The molecule has 0 saturated carbocycles. The molecule has 0 saturated heterocycles. The Balaban J connectivity index is 2.23. The summed E-state index contributed by atoms with van der Waals surface area (Å²) in [5.74, 6) is 1.52. The van der Waals surface area contributed by atoms with E-state index in [-0.39, 0.29) is 5.78 Å². The monoisotopic (exact) mass is 286 g/mol. The average Bonchev–Trinajstić information content (AvgIpc) is 2.44. The van der Waals surface area contributed by atoms with E-state index < -0.39 is 0 Å². The minimum atomic E-state index is 0.0363. The fraction of sp³-hybridized carbons (Fsp3) is 0.235. The van der Waals surface area contributed by atoms with Crippen molar-refractivity contribution >= 4 is 17.5 Å². The number of thioether (sulfide) groups is 1. The Kier molecular flexibility index (Phi) is 4.85. The zero-order chi connectivity index (χ0) is 14.5. The van der Waals surface area contributed by atoms with E-state index in [0.717, 1.165) is 10.6 Å². The van der Waals surface area contributed by atoms with Crippen LogP contribution >= 0.6 is 11.8 Å². The van der Waals surface area contributed by atoms with E-state index in [1.165, 1.54) is 11.1 Å². The van der Waals surface area contributed by atoms with Gasteiger partial charge in [0.2, 0.25) is 0 Å². The van der Waals surface area contributed by atoms with Gasteiger partial charge in [0.25, 0.3) is 0 Å². The van der Waals surface area contributed by atoms with Crippen LogP contribution in [0, 0.1) is 6.92 Å². The van der Waals surface area contributed by atoms with Crippen molar-refractivity contribution in [3.05, 3.63) is 59.2 Å². The third kappa shape index (κ3) is 3.42. The summed E-state index contributed by atoms with van der Waals surface area (Å²) < 4.78 is 5.28. The summed E-state index contributed by atoms with van der Waals surface area (Å²) in [5.41, 5.74) is 3.18. The predicted molar refractivity (Wildman–Crippen MR) is 83.7 cm³/mol. The van der Waals surface area contributed by atoms with Gasteiger partial charge in [-0.15, -0.1) is 11.8 Å². The van der Waals surface area contributed by atoms with Crippen LogP contribution in [0.3, 0.4) is 0 Å². The zero-order valence-corrected chi connectivity index (χ0v) is 12.8. The molecule has 0 amide bonds. The second kappa shape index (κ2) is 6.62. The smallest absolute Gasteiger partial charge is 0.164 e. The number of hydrogen-bond acceptors (Lipinski definition) is 3. The van der Waals surface area contributed by atoms with E-state index >= 15 is 0 Å². The average molecular weight is 286 g/mol. The highest BCUT2D eigenvalue weighted by Gasteiger charge is 2.13. The van der Waals surface area contributed by atoms with Gasteiger partial charge in [0.05, 0.1) is 12.7 Å². The van der Waals surface area contributed by atoms with Gasteiger partial charge in [0.1, 0.15) is 5.75 Å². The summed E-state index contributed by atoms with van der Waals surface area (Å²) in [5, 5.41) is 0. The van der Waals surface area contributed by atoms with E-state index in [1.54, 1.807) is 25.8 Å². The molecule has 0 aliphatic carbocycles. The van der Waals surface area contributed by atoms with Crippen LogP contribution < -0.4 is 4.74 Å². The first-order chi connectivity index (χ1) is 9.61. The van der Waals surface area contributed by atoms with Crippen molar-refractivity contribution in [3.63, 3.8) is 0 Å². The lowest BCUT2D eigenvalue weighted by Crippen LogP contribution is -2.00. The number of benzene rings is 2. The topological polar surface area (TPSA) is 26.3 Å². The Morgan fingerprint density at radius 1 is 1.20 bits per heavy atom. The molecule has 0 aromatic heterocycles. The highest BCUT2D eigenvalue weighted by molar-refractivity contribution is 7.98. The molecular weight excluding hydrogens is 268 g/mol. The number of carbonyl (C=O) groups excluding carboxylic acids is 1. The van der Waals surface area contributed by atoms with Crippen LogP contribution in [0.4, 0.5) is 0 Å². The van der Waals surface area contributed by atoms with Gasteiger partial charge in [-0.2, -0.15) is 0 Å². The molecule has 104 valence electrons. The fourth-order valence-electron chi connectivity index (χ4n) is 2.11. The van der Waals surface area contributed by atoms with E-state index in [9.17, 15) is 4.79 Å². The molecule has 0 atom stereocenters. The van der Waals surface area contributed by atoms with Crippen LogP contribution in [0.1, 0.15) is 28.4 Å². The van der Waals surface area contributed by atoms with Gasteiger partial charge in [-0.3, -0.25) is 4.79 Å². The van der Waals surface area contributed by atoms with E-state index in [4.69, 9.17) is 4.74 Å². The Labute approximate surface area is 124 Å². The Bertz CT molecular complexity index is 620. The molecule has 0 radical (unpaired) electrons. The van der Waals surface area contributed by atoms with Crippen LogP contribution in [0.2, 0.25) is 0 Å². The maximum absolute atomic E-state index is 11.8. The molecule has 3 heteroatoms. The highest BCUT2D eigenvalue weighted by atomic mass is 32.2. The van der Waals surface area contributed by atoms with Gasteiger partial charge in [0, 0.05) is 10.6 Å². The summed E-state index contributed by atoms with van der Waals surface area (Å²) in [6.45, 7) is 3.66. The van der Waals surface area contributed by atoms with Crippen molar-refractivity contribution in [3.8, 4) is 5.75 Å². The Hall–Kier alpha value is -1.74. The van der Waals surface area contributed by atoms with Crippen molar-refractivity contribution < 1.29 is 9.53 Å². The Morgan fingerprint density at radius 2 is 1.95 bits per heavy atom. The van der Waals surface area contributed by atoms with E-state index in [2.05, 4.69) is 31.2 Å². The lowest BCUT2D eigenvalue weighted by Gasteiger charge is -2.11. The molecule has 0 N–H and O–H groups in total. The molecule has 0 fully saturated rings. The van der Waals surface area contributed by atoms with Gasteiger partial charge in [-0.1, -0.05) is 35.9 Å². The fourth-order valence-corrected chi connectivity index (χ4v) is 3.18. The van der Waals surface area contributed by atoms with Crippen LogP contribution in [0.25, 0.3) is 0 Å². The summed E-state index contributed by atoms with van der Waals surface area (Å²) in [4.78, 5) is 12.8. The van der Waals surface area contributed by atoms with Gasteiger partial charge in [-0.05, 0) is 31.5 Å². The molecular formula is C17H18O2S. The molecule has 0 spiro atoms. The van der Waals surface area contributed by atoms with Crippen molar-refractivity contribution in [1.29, 1.82) is 0 Å². The summed E-state index contributed by atoms with van der Waals surface area (Å²) in [7, 11) is 1.59. The number of aryl methyl sites for hydroxylation is 1. The molecule has 0 unspecified atom stereocenters. The van der Waals surface area contributed by atoms with Crippen LogP contribution in [-0.4, -0.2) is 12.9 Å². The maximum Gasteiger partial charge on any atom is 0.164 e. The lowest BCUT2D eigenvalue weighted by atomic mass is 10.1. The molecule has 0 aliphatic rings. The summed E-state index contributed by atoms with van der Waals surface area (Å²) >= 11 is 1.67. The summed E-state index contributed by atoms with van der Waals surface area (Å²) in [6, 6.07) is 14.1. The van der Waals surface area contributed by atoms with E-state index in [0.29, 0.717) is 11.3 Å². The number of rotatable bonds is 5. The van der Waals surface area contributed by atoms with Crippen molar-refractivity contribution in [1.82, 2.24) is 0 Å². The molecule has 0 aliphatic heterocycles. The maximum atomic E-state index is 11.8. The first-order valence-electron chi connectivity index (χ1n) is 6.48. The predicted octanol–water partition coefficient (Wildman–Crippen LogP) is 4.50. The minimum absolute atomic E-state index is 0.0363. The third-order valence-corrected chi connectivity index (χ3v) is 4.17. The number of ether oxygens (including phenoxy) is 1. The van der Waals surface area contributed by atoms with E-state index in [1.807, 2.05) is 18.2 Å². The van der Waals surface area contributed by atoms with Crippen molar-refractivity contribution in [2.24, 2.45) is 0 Å². The van der Waals surface area contributed by atoms with Crippen LogP contribution in [0.15, 0.2) is 47.4 Å². The quantitative estimate of drug-likeness (QED) is 0.598. The molecule has 2 rings (SSSR count). The normalized spacial score (nSPS) is 10.3. The number of Topliss-reactive ketones (excluding diaryl/α,β-unsaturated/α-hetero) is 1. The number of carbonyl (C=O) groups is 1. The lowest BCUT2D eigenvalue weighted by molar-refractivity contribution is 0.101. The second-order valence-corrected chi connectivity index (χ2v) is 5.68. The van der Waals surface area contributed by atoms with Crippen LogP contribution in [0.5, 0.6) is 5.75 Å². The number of hydrogen-bond donors (Lipinski definition) is 0. The first-order valence-corrected chi connectivity index (χ1v) is 7.46. The van der Waals surface area contributed by atoms with Gasteiger partial charge >= 0.3 is 0 Å². The highest BCUT2D eigenvalue weighted by Crippen LogP contribution is 2.32.